The molecule has 0 saturated carbocycles. The van der Waals surface area contributed by atoms with E-state index in [-0.39, 0.29) is 0 Å². The molecule has 2 nitrogen and oxygen atoms in total. The predicted molar refractivity (Wildman–Crippen MR) is 75.2 cm³/mol. The van der Waals surface area contributed by atoms with Gasteiger partial charge < -0.3 is 5.32 Å². The van der Waals surface area contributed by atoms with Crippen LogP contribution in [0.1, 0.15) is 16.0 Å². The fraction of sp³-hybridized carbons (Fsp3) is 0.154. The smallest absolute Gasteiger partial charge is 0.100 e. The number of anilines is 1. The third-order valence-corrected chi connectivity index (χ3v) is 4.30. The number of hydrogen-bond donors (Lipinski definition) is 1. The zero-order valence-electron chi connectivity index (χ0n) is 9.33. The normalized spacial score (nSPS) is 9.94. The number of nitriles is 1. The van der Waals surface area contributed by atoms with E-state index in [1.54, 1.807) is 11.3 Å². The van der Waals surface area contributed by atoms with E-state index in [1.807, 2.05) is 23.6 Å². The molecule has 17 heavy (non-hydrogen) atoms. The molecule has 1 heterocycles. The second-order valence-corrected chi connectivity index (χ2v) is 5.53. The van der Waals surface area contributed by atoms with E-state index in [2.05, 4.69) is 40.3 Å². The van der Waals surface area contributed by atoms with Crippen molar-refractivity contribution in [1.82, 2.24) is 0 Å². The van der Waals surface area contributed by atoms with Gasteiger partial charge in [-0.1, -0.05) is 22.0 Å². The highest BCUT2D eigenvalue weighted by Gasteiger charge is 2.03. The average Bonchev–Trinajstić information content (AvgIpc) is 2.79. The third-order valence-electron chi connectivity index (χ3n) is 2.50. The summed E-state index contributed by atoms with van der Waals surface area (Å²) in [6, 6.07) is 10.2. The van der Waals surface area contributed by atoms with Gasteiger partial charge in [-0.2, -0.15) is 5.26 Å². The highest BCUT2D eigenvalue weighted by Crippen LogP contribution is 2.24. The van der Waals surface area contributed by atoms with Crippen molar-refractivity contribution < 1.29 is 0 Å². The fourth-order valence-corrected chi connectivity index (χ4v) is 2.63. The monoisotopic (exact) mass is 306 g/mol. The number of nitrogens with zero attached hydrogens (tertiary/aromatic N) is 1. The third kappa shape index (κ3) is 2.87. The van der Waals surface area contributed by atoms with E-state index in [1.165, 1.54) is 10.4 Å². The first-order chi connectivity index (χ1) is 8.20. The Morgan fingerprint density at radius 1 is 1.47 bits per heavy atom. The van der Waals surface area contributed by atoms with Crippen molar-refractivity contribution in [1.29, 1.82) is 5.26 Å². The highest BCUT2D eigenvalue weighted by atomic mass is 79.9. The largest absolute Gasteiger partial charge is 0.380 e. The summed E-state index contributed by atoms with van der Waals surface area (Å²) >= 11 is 5.11. The molecule has 0 bridgehead atoms. The summed E-state index contributed by atoms with van der Waals surface area (Å²) < 4.78 is 1.10. The molecule has 1 N–H and O–H groups in total. The van der Waals surface area contributed by atoms with Crippen molar-refractivity contribution >= 4 is 33.0 Å². The van der Waals surface area contributed by atoms with Crippen molar-refractivity contribution in [3.05, 3.63) is 50.1 Å². The second-order valence-electron chi connectivity index (χ2n) is 3.68. The molecule has 1 aromatic carbocycles. The van der Waals surface area contributed by atoms with Crippen LogP contribution in [0, 0.1) is 18.3 Å². The van der Waals surface area contributed by atoms with Gasteiger partial charge in [-0.15, -0.1) is 11.3 Å². The van der Waals surface area contributed by atoms with Gasteiger partial charge >= 0.3 is 0 Å². The van der Waals surface area contributed by atoms with Gasteiger partial charge in [0.25, 0.3) is 0 Å². The van der Waals surface area contributed by atoms with Gasteiger partial charge in [-0.05, 0) is 30.7 Å². The first kappa shape index (κ1) is 12.2. The van der Waals surface area contributed by atoms with Crippen molar-refractivity contribution in [2.24, 2.45) is 0 Å². The summed E-state index contributed by atoms with van der Waals surface area (Å²) in [5.74, 6) is 0. The fourth-order valence-electron chi connectivity index (χ4n) is 1.51. The maximum Gasteiger partial charge on any atom is 0.100 e. The van der Waals surface area contributed by atoms with Crippen LogP contribution < -0.4 is 5.32 Å². The van der Waals surface area contributed by atoms with Gasteiger partial charge in [0.15, 0.2) is 0 Å². The summed E-state index contributed by atoms with van der Waals surface area (Å²) in [6.07, 6.45) is 0. The number of hydrogen-bond acceptors (Lipinski definition) is 3. The van der Waals surface area contributed by atoms with E-state index in [4.69, 9.17) is 5.26 Å². The molecular weight excluding hydrogens is 296 g/mol. The molecule has 0 saturated heterocycles. The minimum absolute atomic E-state index is 0.734. The molecule has 0 fully saturated rings. The van der Waals surface area contributed by atoms with Crippen molar-refractivity contribution in [3.8, 4) is 6.07 Å². The first-order valence-corrected chi connectivity index (χ1v) is 6.84. The standard InChI is InChI=1S/C13H11BrN2S/c1-9-12(14)3-2-4-13(9)16-7-11-5-10(6-15)8-17-11/h2-5,8,16H,7H2,1H3. The first-order valence-electron chi connectivity index (χ1n) is 5.17. The van der Waals surface area contributed by atoms with Gasteiger partial charge in [-0.25, -0.2) is 0 Å². The highest BCUT2D eigenvalue weighted by molar-refractivity contribution is 9.10. The molecule has 0 spiro atoms. The van der Waals surface area contributed by atoms with Crippen LogP contribution in [0.3, 0.4) is 0 Å². The summed E-state index contributed by atoms with van der Waals surface area (Å²) in [5.41, 5.74) is 3.05. The molecule has 0 aliphatic carbocycles. The Hall–Kier alpha value is -1.31. The quantitative estimate of drug-likeness (QED) is 0.917. The predicted octanol–water partition coefficient (Wildman–Crippen LogP) is 4.30. The van der Waals surface area contributed by atoms with Crippen LogP contribution in [0.5, 0.6) is 0 Å². The summed E-state index contributed by atoms with van der Waals surface area (Å²) in [5, 5.41) is 14.0. The van der Waals surface area contributed by atoms with E-state index in [9.17, 15) is 0 Å². The molecule has 0 radical (unpaired) electrons. The Morgan fingerprint density at radius 2 is 2.29 bits per heavy atom. The van der Waals surface area contributed by atoms with Gasteiger partial charge in [0.05, 0.1) is 5.56 Å². The van der Waals surface area contributed by atoms with Crippen LogP contribution in [0.2, 0.25) is 0 Å². The minimum Gasteiger partial charge on any atom is -0.380 e. The number of thiophene rings is 1. The number of rotatable bonds is 3. The Bertz CT molecular complexity index is 569. The SMILES string of the molecule is Cc1c(Br)cccc1NCc1cc(C#N)cs1. The van der Waals surface area contributed by atoms with Crippen LogP contribution >= 0.6 is 27.3 Å². The van der Waals surface area contributed by atoms with Crippen molar-refractivity contribution in [2.75, 3.05) is 5.32 Å². The Morgan fingerprint density at radius 3 is 3.00 bits per heavy atom. The molecular formula is C13H11BrN2S. The van der Waals surface area contributed by atoms with Gasteiger partial charge in [-0.3, -0.25) is 0 Å². The number of halogens is 1. The molecule has 1 aromatic heterocycles. The average molecular weight is 307 g/mol. The van der Waals surface area contributed by atoms with E-state index >= 15 is 0 Å². The van der Waals surface area contributed by atoms with Crippen molar-refractivity contribution in [3.63, 3.8) is 0 Å². The summed E-state index contributed by atoms with van der Waals surface area (Å²) in [4.78, 5) is 1.17. The lowest BCUT2D eigenvalue weighted by Gasteiger charge is -2.09. The zero-order valence-corrected chi connectivity index (χ0v) is 11.7. The lowest BCUT2D eigenvalue weighted by molar-refractivity contribution is 1.17. The molecule has 4 heteroatoms. The topological polar surface area (TPSA) is 35.8 Å². The molecule has 0 unspecified atom stereocenters. The van der Waals surface area contributed by atoms with Crippen LogP contribution in [0.15, 0.2) is 34.1 Å². The molecule has 2 rings (SSSR count). The van der Waals surface area contributed by atoms with Crippen LogP contribution in [0.25, 0.3) is 0 Å². The molecule has 86 valence electrons. The molecule has 2 aromatic rings. The Kier molecular flexibility index (Phi) is 3.82. The zero-order chi connectivity index (χ0) is 12.3. The molecule has 0 amide bonds. The van der Waals surface area contributed by atoms with E-state index in [0.29, 0.717) is 0 Å². The van der Waals surface area contributed by atoms with Crippen molar-refractivity contribution in [2.45, 2.75) is 13.5 Å². The van der Waals surface area contributed by atoms with Crippen LogP contribution in [0.4, 0.5) is 5.69 Å². The minimum atomic E-state index is 0.734. The van der Waals surface area contributed by atoms with E-state index in [0.717, 1.165) is 22.3 Å². The second kappa shape index (κ2) is 5.35. The lowest BCUT2D eigenvalue weighted by Crippen LogP contribution is -1.99. The maximum absolute atomic E-state index is 8.75. The van der Waals surface area contributed by atoms with Gasteiger partial charge in [0.2, 0.25) is 0 Å². The van der Waals surface area contributed by atoms with Gasteiger partial charge in [0, 0.05) is 27.0 Å². The Balaban J connectivity index is 2.07. The molecule has 0 aliphatic rings. The van der Waals surface area contributed by atoms with Gasteiger partial charge in [0.1, 0.15) is 6.07 Å². The summed E-state index contributed by atoms with van der Waals surface area (Å²) in [7, 11) is 0. The maximum atomic E-state index is 8.75. The Labute approximate surface area is 113 Å². The lowest BCUT2D eigenvalue weighted by atomic mass is 10.2. The van der Waals surface area contributed by atoms with Crippen LogP contribution in [-0.4, -0.2) is 0 Å². The van der Waals surface area contributed by atoms with E-state index < -0.39 is 0 Å². The number of benzene rings is 1. The molecule has 0 aliphatic heterocycles. The number of nitrogens with one attached hydrogen (secondary N) is 1. The summed E-state index contributed by atoms with van der Waals surface area (Å²) in [6.45, 7) is 2.82. The molecule has 0 atom stereocenters. The van der Waals surface area contributed by atoms with Crippen LogP contribution in [-0.2, 0) is 6.54 Å².